The number of benzene rings is 1. The predicted molar refractivity (Wildman–Crippen MR) is 61.8 cm³/mol. The first kappa shape index (κ1) is 10.8. The molecule has 1 heterocycles. The van der Waals surface area contributed by atoms with Gasteiger partial charge in [-0.15, -0.1) is 0 Å². The first-order chi connectivity index (χ1) is 6.68. The second-order valence-corrected chi connectivity index (χ2v) is 3.38. The van der Waals surface area contributed by atoms with Crippen LogP contribution in [0.3, 0.4) is 0 Å². The first-order valence-electron chi connectivity index (χ1n) is 5.13. The molecule has 1 heteroatoms. The molecular weight excluding hydrogens is 172 g/mol. The Bertz CT molecular complexity index is 424. The summed E-state index contributed by atoms with van der Waals surface area (Å²) in [6, 6.07) is 4.31. The smallest absolute Gasteiger partial charge is 0.137 e. The van der Waals surface area contributed by atoms with Crippen molar-refractivity contribution in [3.8, 4) is 0 Å². The van der Waals surface area contributed by atoms with Crippen molar-refractivity contribution in [3.63, 3.8) is 0 Å². The summed E-state index contributed by atoms with van der Waals surface area (Å²) in [5.74, 6) is 0. The van der Waals surface area contributed by atoms with Crippen LogP contribution in [0.5, 0.6) is 0 Å². The summed E-state index contributed by atoms with van der Waals surface area (Å²) in [6.45, 7) is 10.3. The normalized spacial score (nSPS) is 9.79. The Hall–Kier alpha value is -1.24. The SMILES string of the molecule is CC.Cc1cc(C)c2occ(C)c2c1. The largest absolute Gasteiger partial charge is 0.464 e. The van der Waals surface area contributed by atoms with Crippen molar-refractivity contribution in [1.29, 1.82) is 0 Å². The van der Waals surface area contributed by atoms with E-state index in [0.717, 1.165) is 5.58 Å². The molecule has 0 saturated carbocycles. The molecule has 0 aliphatic rings. The summed E-state index contributed by atoms with van der Waals surface area (Å²) in [4.78, 5) is 0. The van der Waals surface area contributed by atoms with E-state index in [4.69, 9.17) is 4.42 Å². The molecular formula is C13H18O. The number of furan rings is 1. The van der Waals surface area contributed by atoms with E-state index >= 15 is 0 Å². The Morgan fingerprint density at radius 1 is 0.929 bits per heavy atom. The number of rotatable bonds is 0. The highest BCUT2D eigenvalue weighted by atomic mass is 16.3. The standard InChI is InChI=1S/C11H12O.C2H6/c1-7-4-8(2)11-10(5-7)9(3)6-12-11;1-2/h4-6H,1-3H3;1-2H3. The zero-order chi connectivity index (χ0) is 10.7. The molecule has 0 saturated heterocycles. The molecule has 0 amide bonds. The van der Waals surface area contributed by atoms with Crippen LogP contribution in [0.1, 0.15) is 30.5 Å². The Labute approximate surface area is 85.7 Å². The molecule has 76 valence electrons. The molecule has 0 aliphatic carbocycles. The first-order valence-corrected chi connectivity index (χ1v) is 5.13. The fourth-order valence-corrected chi connectivity index (χ4v) is 1.61. The molecule has 1 aromatic carbocycles. The van der Waals surface area contributed by atoms with Gasteiger partial charge in [0.2, 0.25) is 0 Å². The molecule has 0 N–H and O–H groups in total. The van der Waals surface area contributed by atoms with Gasteiger partial charge in [0.05, 0.1) is 6.26 Å². The Morgan fingerprint density at radius 3 is 2.21 bits per heavy atom. The van der Waals surface area contributed by atoms with Crippen LogP contribution in [0.25, 0.3) is 11.0 Å². The van der Waals surface area contributed by atoms with E-state index < -0.39 is 0 Å². The van der Waals surface area contributed by atoms with Crippen LogP contribution in [0.15, 0.2) is 22.8 Å². The van der Waals surface area contributed by atoms with Crippen LogP contribution in [0, 0.1) is 20.8 Å². The van der Waals surface area contributed by atoms with Crippen molar-refractivity contribution in [2.75, 3.05) is 0 Å². The third-order valence-corrected chi connectivity index (χ3v) is 2.20. The van der Waals surface area contributed by atoms with Crippen molar-refractivity contribution in [2.24, 2.45) is 0 Å². The van der Waals surface area contributed by atoms with Gasteiger partial charge in [-0.25, -0.2) is 0 Å². The highest BCUT2D eigenvalue weighted by molar-refractivity contribution is 5.84. The predicted octanol–water partition coefficient (Wildman–Crippen LogP) is 4.38. The number of fused-ring (bicyclic) bond motifs is 1. The van der Waals surface area contributed by atoms with Crippen LogP contribution in [0.4, 0.5) is 0 Å². The maximum absolute atomic E-state index is 5.43. The molecule has 1 nitrogen and oxygen atoms in total. The molecule has 14 heavy (non-hydrogen) atoms. The van der Waals surface area contributed by atoms with Gasteiger partial charge in [-0.05, 0) is 43.5 Å². The average Bonchev–Trinajstić information content (AvgIpc) is 2.52. The molecule has 0 spiro atoms. The van der Waals surface area contributed by atoms with E-state index in [0.29, 0.717) is 0 Å². The summed E-state index contributed by atoms with van der Waals surface area (Å²) in [7, 11) is 0. The maximum Gasteiger partial charge on any atom is 0.137 e. The lowest BCUT2D eigenvalue weighted by Crippen LogP contribution is -1.77. The lowest BCUT2D eigenvalue weighted by atomic mass is 10.1. The zero-order valence-electron chi connectivity index (χ0n) is 9.64. The van der Waals surface area contributed by atoms with Gasteiger partial charge in [-0.2, -0.15) is 0 Å². The molecule has 0 bridgehead atoms. The molecule has 0 radical (unpaired) electrons. The van der Waals surface area contributed by atoms with Gasteiger partial charge in [0, 0.05) is 5.39 Å². The summed E-state index contributed by atoms with van der Waals surface area (Å²) >= 11 is 0. The number of hydrogen-bond donors (Lipinski definition) is 0. The van der Waals surface area contributed by atoms with Gasteiger partial charge < -0.3 is 4.42 Å². The zero-order valence-corrected chi connectivity index (χ0v) is 9.64. The van der Waals surface area contributed by atoms with E-state index in [1.807, 2.05) is 20.1 Å². The molecule has 0 aliphatic heterocycles. The third kappa shape index (κ3) is 1.82. The Morgan fingerprint density at radius 2 is 1.57 bits per heavy atom. The Balaban J connectivity index is 0.000000461. The monoisotopic (exact) mass is 190 g/mol. The minimum atomic E-state index is 1.03. The van der Waals surface area contributed by atoms with Crippen LogP contribution in [-0.4, -0.2) is 0 Å². The van der Waals surface area contributed by atoms with Crippen molar-refractivity contribution in [2.45, 2.75) is 34.6 Å². The van der Waals surface area contributed by atoms with Gasteiger partial charge in [-0.3, -0.25) is 0 Å². The van der Waals surface area contributed by atoms with E-state index in [2.05, 4.69) is 32.9 Å². The lowest BCUT2D eigenvalue weighted by Gasteiger charge is -1.97. The van der Waals surface area contributed by atoms with Crippen LogP contribution in [-0.2, 0) is 0 Å². The molecule has 1 aromatic heterocycles. The van der Waals surface area contributed by atoms with Crippen LogP contribution >= 0.6 is 0 Å². The molecule has 2 rings (SSSR count). The lowest BCUT2D eigenvalue weighted by molar-refractivity contribution is 0.610. The van der Waals surface area contributed by atoms with E-state index in [9.17, 15) is 0 Å². The number of hydrogen-bond acceptors (Lipinski definition) is 1. The van der Waals surface area contributed by atoms with Crippen molar-refractivity contribution in [3.05, 3.63) is 35.1 Å². The minimum Gasteiger partial charge on any atom is -0.464 e. The highest BCUT2D eigenvalue weighted by Crippen LogP contribution is 2.24. The van der Waals surface area contributed by atoms with Crippen LogP contribution in [0.2, 0.25) is 0 Å². The highest BCUT2D eigenvalue weighted by Gasteiger charge is 2.04. The second-order valence-electron chi connectivity index (χ2n) is 3.38. The quantitative estimate of drug-likeness (QED) is 0.600. The topological polar surface area (TPSA) is 13.1 Å². The van der Waals surface area contributed by atoms with Gasteiger partial charge in [0.1, 0.15) is 5.58 Å². The minimum absolute atomic E-state index is 1.03. The summed E-state index contributed by atoms with van der Waals surface area (Å²) in [5.41, 5.74) is 4.76. The van der Waals surface area contributed by atoms with Crippen molar-refractivity contribution >= 4 is 11.0 Å². The van der Waals surface area contributed by atoms with Crippen LogP contribution < -0.4 is 0 Å². The van der Waals surface area contributed by atoms with Crippen molar-refractivity contribution in [1.82, 2.24) is 0 Å². The third-order valence-electron chi connectivity index (χ3n) is 2.20. The van der Waals surface area contributed by atoms with E-state index in [-0.39, 0.29) is 0 Å². The molecule has 0 unspecified atom stereocenters. The summed E-state index contributed by atoms with van der Waals surface area (Å²) in [6.07, 6.45) is 1.82. The fourth-order valence-electron chi connectivity index (χ4n) is 1.61. The summed E-state index contributed by atoms with van der Waals surface area (Å²) in [5, 5.41) is 1.24. The average molecular weight is 190 g/mol. The van der Waals surface area contributed by atoms with Crippen molar-refractivity contribution < 1.29 is 4.42 Å². The van der Waals surface area contributed by atoms with Gasteiger partial charge in [0.15, 0.2) is 0 Å². The van der Waals surface area contributed by atoms with E-state index in [1.54, 1.807) is 0 Å². The maximum atomic E-state index is 5.43. The van der Waals surface area contributed by atoms with Gasteiger partial charge in [0.25, 0.3) is 0 Å². The Kier molecular flexibility index (Phi) is 3.34. The van der Waals surface area contributed by atoms with Gasteiger partial charge >= 0.3 is 0 Å². The molecule has 0 fully saturated rings. The fraction of sp³-hybridized carbons (Fsp3) is 0.385. The molecule has 0 atom stereocenters. The second kappa shape index (κ2) is 4.32. The van der Waals surface area contributed by atoms with Gasteiger partial charge in [-0.1, -0.05) is 19.9 Å². The summed E-state index contributed by atoms with van der Waals surface area (Å²) < 4.78 is 5.43. The molecule has 2 aromatic rings. The van der Waals surface area contributed by atoms with E-state index in [1.165, 1.54) is 22.1 Å². The number of aryl methyl sites for hydroxylation is 3.